The molecule has 7 nitrogen and oxygen atoms in total. The van der Waals surface area contributed by atoms with E-state index in [9.17, 15) is 4.79 Å². The van der Waals surface area contributed by atoms with E-state index >= 15 is 0 Å². The van der Waals surface area contributed by atoms with Crippen LogP contribution in [0.15, 0.2) is 29.5 Å². The second-order valence-electron chi connectivity index (χ2n) is 4.14. The Hall–Kier alpha value is -1.19. The molecule has 0 bridgehead atoms. The highest BCUT2D eigenvalue weighted by Gasteiger charge is 2.11. The van der Waals surface area contributed by atoms with Crippen molar-refractivity contribution in [3.63, 3.8) is 0 Å². The van der Waals surface area contributed by atoms with E-state index in [2.05, 4.69) is 25.4 Å². The predicted octanol–water partition coefficient (Wildman–Crippen LogP) is 0.521. The number of rotatable bonds is 2. The molecule has 3 rings (SSSR count). The van der Waals surface area contributed by atoms with Gasteiger partial charge in [0.25, 0.3) is 0 Å². The van der Waals surface area contributed by atoms with Crippen LogP contribution in [0, 0.1) is 0 Å². The van der Waals surface area contributed by atoms with Crippen LogP contribution in [0.1, 0.15) is 0 Å². The molecule has 0 aromatic carbocycles. The van der Waals surface area contributed by atoms with Crippen molar-refractivity contribution in [1.82, 2.24) is 25.1 Å². The fraction of sp³-hybridized carbons (Fsp3) is 0.364. The summed E-state index contributed by atoms with van der Waals surface area (Å²) in [4.78, 5) is 18.0. The highest BCUT2D eigenvalue weighted by Crippen LogP contribution is 2.13. The molecule has 1 aliphatic heterocycles. The van der Waals surface area contributed by atoms with Crippen molar-refractivity contribution in [3.8, 4) is 5.69 Å². The zero-order valence-electron chi connectivity index (χ0n) is 10.7. The molecule has 1 aliphatic rings. The average Bonchev–Trinajstić information content (AvgIpc) is 2.86. The van der Waals surface area contributed by atoms with Crippen molar-refractivity contribution in [2.45, 2.75) is 0 Å². The number of hydrogen-bond acceptors (Lipinski definition) is 5. The molecular weight excluding hydrogens is 392 g/mol. The number of H-pyrrole nitrogens is 1. The van der Waals surface area contributed by atoms with Crippen LogP contribution in [-0.4, -0.2) is 45.9 Å². The Kier molecular flexibility index (Phi) is 6.37. The summed E-state index contributed by atoms with van der Waals surface area (Å²) in [6.07, 6.45) is 3.14. The lowest BCUT2D eigenvalue weighted by Crippen LogP contribution is -2.43. The summed E-state index contributed by atoms with van der Waals surface area (Å²) in [5.41, 5.74) is 0.458. The standard InChI is InChI=1S/C11H14N6O.2BrH/c18-11-15-14-8-17(11)9-1-2-10(13-7-9)16-5-3-12-4-6-16;;/h1-2,7-8,12H,3-6H2,(H,15,18);2*1H. The van der Waals surface area contributed by atoms with Crippen LogP contribution in [0.4, 0.5) is 5.82 Å². The SMILES string of the molecule is Br.Br.O=c1[nH]ncn1-c1ccc(N2CCNCC2)nc1. The molecule has 0 saturated carbocycles. The lowest BCUT2D eigenvalue weighted by atomic mass is 10.3. The monoisotopic (exact) mass is 406 g/mol. The molecule has 3 heterocycles. The summed E-state index contributed by atoms with van der Waals surface area (Å²) in [7, 11) is 0. The Balaban J connectivity index is 0.000001000. The highest BCUT2D eigenvalue weighted by atomic mass is 79.9. The van der Waals surface area contributed by atoms with Gasteiger partial charge in [-0.1, -0.05) is 0 Å². The van der Waals surface area contributed by atoms with Crippen LogP contribution in [0.25, 0.3) is 5.69 Å². The van der Waals surface area contributed by atoms with E-state index in [1.54, 1.807) is 6.20 Å². The smallest absolute Gasteiger partial charge is 0.347 e. The Morgan fingerprint density at radius 1 is 1.15 bits per heavy atom. The molecule has 2 N–H and O–H groups in total. The maximum Gasteiger partial charge on any atom is 0.347 e. The molecule has 0 amide bonds. The van der Waals surface area contributed by atoms with E-state index in [-0.39, 0.29) is 39.7 Å². The van der Waals surface area contributed by atoms with E-state index in [4.69, 9.17) is 0 Å². The number of hydrogen-bond donors (Lipinski definition) is 2. The van der Waals surface area contributed by atoms with E-state index < -0.39 is 0 Å². The van der Waals surface area contributed by atoms with Gasteiger partial charge < -0.3 is 10.2 Å². The van der Waals surface area contributed by atoms with Gasteiger partial charge in [0.2, 0.25) is 0 Å². The van der Waals surface area contributed by atoms with E-state index in [0.717, 1.165) is 32.0 Å². The molecule has 0 spiro atoms. The quantitative estimate of drug-likeness (QED) is 0.758. The van der Waals surface area contributed by atoms with Gasteiger partial charge in [0.05, 0.1) is 11.9 Å². The maximum absolute atomic E-state index is 11.4. The predicted molar refractivity (Wildman–Crippen MR) is 87.7 cm³/mol. The summed E-state index contributed by atoms with van der Waals surface area (Å²) >= 11 is 0. The highest BCUT2D eigenvalue weighted by molar-refractivity contribution is 8.93. The van der Waals surface area contributed by atoms with Gasteiger partial charge in [-0.15, -0.1) is 34.0 Å². The Labute approximate surface area is 136 Å². The molecule has 0 radical (unpaired) electrons. The summed E-state index contributed by atoms with van der Waals surface area (Å²) in [5.74, 6) is 0.941. The van der Waals surface area contributed by atoms with Crippen molar-refractivity contribution in [3.05, 3.63) is 35.1 Å². The van der Waals surface area contributed by atoms with Crippen molar-refractivity contribution in [1.29, 1.82) is 0 Å². The Morgan fingerprint density at radius 2 is 1.90 bits per heavy atom. The number of nitrogens with zero attached hydrogens (tertiary/aromatic N) is 4. The molecule has 20 heavy (non-hydrogen) atoms. The summed E-state index contributed by atoms with van der Waals surface area (Å²) in [5, 5.41) is 9.34. The van der Waals surface area contributed by atoms with Crippen molar-refractivity contribution in [2.24, 2.45) is 0 Å². The van der Waals surface area contributed by atoms with Gasteiger partial charge in [0.15, 0.2) is 0 Å². The third-order valence-corrected chi connectivity index (χ3v) is 3.00. The molecule has 2 aromatic rings. The first kappa shape index (κ1) is 16.9. The van der Waals surface area contributed by atoms with Crippen LogP contribution in [0.5, 0.6) is 0 Å². The summed E-state index contributed by atoms with van der Waals surface area (Å²) in [6.45, 7) is 3.87. The van der Waals surface area contributed by atoms with Crippen LogP contribution in [-0.2, 0) is 0 Å². The number of pyridine rings is 1. The Morgan fingerprint density at radius 3 is 2.45 bits per heavy atom. The lowest BCUT2D eigenvalue weighted by Gasteiger charge is -2.28. The molecule has 9 heteroatoms. The average molecular weight is 408 g/mol. The van der Waals surface area contributed by atoms with Crippen LogP contribution < -0.4 is 15.9 Å². The summed E-state index contributed by atoms with van der Waals surface area (Å²) in [6, 6.07) is 3.81. The number of anilines is 1. The first-order valence-electron chi connectivity index (χ1n) is 5.89. The fourth-order valence-electron chi connectivity index (χ4n) is 2.03. The van der Waals surface area contributed by atoms with E-state index in [1.807, 2.05) is 12.1 Å². The van der Waals surface area contributed by atoms with Gasteiger partial charge in [-0.3, -0.25) is 0 Å². The minimum absolute atomic E-state index is 0. The number of nitrogens with one attached hydrogen (secondary N) is 2. The van der Waals surface area contributed by atoms with Gasteiger partial charge in [0.1, 0.15) is 12.1 Å². The molecule has 1 fully saturated rings. The fourth-order valence-corrected chi connectivity index (χ4v) is 2.03. The number of aromatic nitrogens is 4. The second-order valence-corrected chi connectivity index (χ2v) is 4.14. The maximum atomic E-state index is 11.4. The van der Waals surface area contributed by atoms with Crippen LogP contribution in [0.2, 0.25) is 0 Å². The molecule has 0 atom stereocenters. The molecule has 0 unspecified atom stereocenters. The third-order valence-electron chi connectivity index (χ3n) is 3.00. The normalized spacial score (nSPS) is 14.3. The zero-order chi connectivity index (χ0) is 12.4. The van der Waals surface area contributed by atoms with Gasteiger partial charge in [-0.2, -0.15) is 5.10 Å². The number of halogens is 2. The second kappa shape index (κ2) is 7.55. The van der Waals surface area contributed by atoms with Gasteiger partial charge >= 0.3 is 5.69 Å². The van der Waals surface area contributed by atoms with Gasteiger partial charge in [0, 0.05) is 26.2 Å². The minimum atomic E-state index is -0.258. The molecule has 2 aromatic heterocycles. The lowest BCUT2D eigenvalue weighted by molar-refractivity contribution is 0.585. The first-order chi connectivity index (χ1) is 8.84. The van der Waals surface area contributed by atoms with E-state index in [1.165, 1.54) is 10.9 Å². The number of piperazine rings is 1. The molecule has 0 aliphatic carbocycles. The molecule has 1 saturated heterocycles. The Bertz CT molecular complexity index is 575. The molecule has 110 valence electrons. The first-order valence-corrected chi connectivity index (χ1v) is 5.89. The zero-order valence-corrected chi connectivity index (χ0v) is 14.1. The third kappa shape index (κ3) is 3.47. The van der Waals surface area contributed by atoms with E-state index in [0.29, 0.717) is 5.69 Å². The van der Waals surface area contributed by atoms with Crippen LogP contribution >= 0.6 is 34.0 Å². The largest absolute Gasteiger partial charge is 0.354 e. The summed E-state index contributed by atoms with van der Waals surface area (Å²) < 4.78 is 1.43. The van der Waals surface area contributed by atoms with Crippen molar-refractivity contribution in [2.75, 3.05) is 31.1 Å². The topological polar surface area (TPSA) is 78.8 Å². The molecular formula is C11H16Br2N6O. The van der Waals surface area contributed by atoms with Crippen molar-refractivity contribution < 1.29 is 0 Å². The van der Waals surface area contributed by atoms with Crippen molar-refractivity contribution >= 4 is 39.8 Å². The van der Waals surface area contributed by atoms with Gasteiger partial charge in [-0.25, -0.2) is 19.4 Å². The number of aromatic amines is 1. The minimum Gasteiger partial charge on any atom is -0.354 e. The van der Waals surface area contributed by atoms with Gasteiger partial charge in [-0.05, 0) is 12.1 Å². The van der Waals surface area contributed by atoms with Crippen LogP contribution in [0.3, 0.4) is 0 Å².